The number of nitrogens with one attached hydrogen (secondary N) is 1. The van der Waals surface area contributed by atoms with Crippen molar-refractivity contribution in [2.24, 2.45) is 0 Å². The molecule has 28 heavy (non-hydrogen) atoms. The molecule has 0 fully saturated rings. The minimum absolute atomic E-state index is 0.225. The maximum absolute atomic E-state index is 12.3. The van der Waals surface area contributed by atoms with Crippen molar-refractivity contribution in [3.63, 3.8) is 0 Å². The molecule has 0 heterocycles. The molecule has 5 nitrogen and oxygen atoms in total. The molecule has 0 bridgehead atoms. The molecular formula is C20H25ClN2O3S2. The van der Waals surface area contributed by atoms with Crippen LogP contribution in [0.5, 0.6) is 0 Å². The normalized spacial score (nSPS) is 11.2. The minimum atomic E-state index is -3.56. The van der Waals surface area contributed by atoms with Crippen LogP contribution in [0.2, 0.25) is 5.02 Å². The topological polar surface area (TPSA) is 66.5 Å². The Bertz CT molecular complexity index is 887. The van der Waals surface area contributed by atoms with Crippen molar-refractivity contribution >= 4 is 45.0 Å². The van der Waals surface area contributed by atoms with Crippen LogP contribution in [0.4, 0.5) is 5.69 Å². The van der Waals surface area contributed by atoms with E-state index in [0.717, 1.165) is 23.3 Å². The lowest BCUT2D eigenvalue weighted by atomic mass is 10.1. The number of rotatable bonds is 10. The van der Waals surface area contributed by atoms with Crippen LogP contribution in [0.1, 0.15) is 18.1 Å². The Balaban J connectivity index is 1.86. The molecule has 1 N–H and O–H groups in total. The highest BCUT2D eigenvalue weighted by molar-refractivity contribution is 7.98. The van der Waals surface area contributed by atoms with Gasteiger partial charge in [-0.05, 0) is 35.7 Å². The van der Waals surface area contributed by atoms with E-state index >= 15 is 0 Å². The summed E-state index contributed by atoms with van der Waals surface area (Å²) in [5, 5.41) is 3.51. The maximum atomic E-state index is 12.3. The average Bonchev–Trinajstić information content (AvgIpc) is 2.66. The second-order valence-corrected chi connectivity index (χ2v) is 9.73. The van der Waals surface area contributed by atoms with Gasteiger partial charge < -0.3 is 5.32 Å². The number of hydrogen-bond acceptors (Lipinski definition) is 4. The number of aryl methyl sites for hydroxylation is 1. The summed E-state index contributed by atoms with van der Waals surface area (Å²) in [6.45, 7) is 2.21. The van der Waals surface area contributed by atoms with Crippen molar-refractivity contribution in [3.8, 4) is 0 Å². The van der Waals surface area contributed by atoms with Gasteiger partial charge in [0.15, 0.2) is 0 Å². The second kappa shape index (κ2) is 10.7. The quantitative estimate of drug-likeness (QED) is 0.572. The smallest absolute Gasteiger partial charge is 0.240 e. The number of halogens is 1. The van der Waals surface area contributed by atoms with Gasteiger partial charge in [0.05, 0.1) is 11.9 Å². The Morgan fingerprint density at radius 2 is 1.82 bits per heavy atom. The maximum Gasteiger partial charge on any atom is 0.240 e. The third-order valence-corrected chi connectivity index (χ3v) is 6.49. The van der Waals surface area contributed by atoms with E-state index in [-0.39, 0.29) is 12.5 Å². The largest absolute Gasteiger partial charge is 0.354 e. The minimum Gasteiger partial charge on any atom is -0.354 e. The van der Waals surface area contributed by atoms with Crippen LogP contribution in [-0.2, 0) is 27.0 Å². The Morgan fingerprint density at radius 3 is 2.46 bits per heavy atom. The Hall–Kier alpha value is -1.70. The molecule has 2 aromatic carbocycles. The summed E-state index contributed by atoms with van der Waals surface area (Å²) in [4.78, 5) is 12.3. The van der Waals surface area contributed by atoms with Gasteiger partial charge in [0.1, 0.15) is 6.54 Å². The summed E-state index contributed by atoms with van der Waals surface area (Å²) >= 11 is 7.56. The van der Waals surface area contributed by atoms with E-state index in [4.69, 9.17) is 11.6 Å². The van der Waals surface area contributed by atoms with Gasteiger partial charge in [0, 0.05) is 23.1 Å². The van der Waals surface area contributed by atoms with E-state index in [1.807, 2.05) is 43.3 Å². The summed E-state index contributed by atoms with van der Waals surface area (Å²) in [7, 11) is -3.56. The Labute approximate surface area is 176 Å². The van der Waals surface area contributed by atoms with E-state index in [1.165, 1.54) is 9.87 Å². The fourth-order valence-corrected chi connectivity index (χ4v) is 4.49. The van der Waals surface area contributed by atoms with Gasteiger partial charge in [0.2, 0.25) is 15.9 Å². The first-order valence-electron chi connectivity index (χ1n) is 8.95. The van der Waals surface area contributed by atoms with Crippen molar-refractivity contribution in [2.75, 3.05) is 29.4 Å². The lowest BCUT2D eigenvalue weighted by Gasteiger charge is -2.24. The standard InChI is InChI=1S/C20H25ClN2O3S2/c1-3-17-6-4-5-7-19(17)23(28(2,25)26)14-20(24)22-12-13-27-15-16-8-10-18(21)11-9-16/h4-11H,3,12-15H2,1-2H3,(H,22,24). The fraction of sp³-hybridized carbons (Fsp3) is 0.350. The SMILES string of the molecule is CCc1ccccc1N(CC(=O)NCCSCc1ccc(Cl)cc1)S(C)(=O)=O. The molecule has 0 radical (unpaired) electrons. The number of para-hydroxylation sites is 1. The van der Waals surface area contributed by atoms with E-state index < -0.39 is 10.0 Å². The molecule has 0 saturated carbocycles. The second-order valence-electron chi connectivity index (χ2n) is 6.28. The molecule has 8 heteroatoms. The van der Waals surface area contributed by atoms with Crippen molar-refractivity contribution in [3.05, 3.63) is 64.7 Å². The molecule has 0 aromatic heterocycles. The van der Waals surface area contributed by atoms with E-state index in [2.05, 4.69) is 5.32 Å². The number of thioether (sulfide) groups is 1. The summed E-state index contributed by atoms with van der Waals surface area (Å²) in [6.07, 6.45) is 1.81. The lowest BCUT2D eigenvalue weighted by Crippen LogP contribution is -2.41. The summed E-state index contributed by atoms with van der Waals surface area (Å²) in [5.74, 6) is 1.24. The molecule has 2 rings (SSSR count). The van der Waals surface area contributed by atoms with Crippen molar-refractivity contribution in [1.82, 2.24) is 5.32 Å². The van der Waals surface area contributed by atoms with Gasteiger partial charge in [-0.15, -0.1) is 0 Å². The number of carbonyl (C=O) groups is 1. The highest BCUT2D eigenvalue weighted by atomic mass is 35.5. The number of carbonyl (C=O) groups excluding carboxylic acids is 1. The van der Waals surface area contributed by atoms with E-state index in [1.54, 1.807) is 23.9 Å². The number of sulfonamides is 1. The number of amides is 1. The first kappa shape index (κ1) is 22.6. The average molecular weight is 441 g/mol. The molecule has 0 spiro atoms. The molecule has 1 amide bonds. The molecule has 2 aromatic rings. The Morgan fingerprint density at radius 1 is 1.14 bits per heavy atom. The van der Waals surface area contributed by atoms with Crippen LogP contribution >= 0.6 is 23.4 Å². The molecule has 0 atom stereocenters. The first-order chi connectivity index (χ1) is 13.3. The van der Waals surface area contributed by atoms with Crippen LogP contribution in [0.25, 0.3) is 0 Å². The molecule has 0 saturated heterocycles. The monoisotopic (exact) mass is 440 g/mol. The molecule has 0 aliphatic rings. The Kier molecular flexibility index (Phi) is 8.66. The molecule has 0 aliphatic carbocycles. The highest BCUT2D eigenvalue weighted by Gasteiger charge is 2.22. The molecular weight excluding hydrogens is 416 g/mol. The van der Waals surface area contributed by atoms with Gasteiger partial charge in [0.25, 0.3) is 0 Å². The summed E-state index contributed by atoms with van der Waals surface area (Å²) in [6, 6.07) is 14.9. The van der Waals surface area contributed by atoms with Gasteiger partial charge in [-0.1, -0.05) is 48.9 Å². The van der Waals surface area contributed by atoms with Crippen LogP contribution in [0.15, 0.2) is 48.5 Å². The summed E-state index contributed by atoms with van der Waals surface area (Å²) in [5.41, 5.74) is 2.61. The van der Waals surface area contributed by atoms with Crippen LogP contribution in [-0.4, -0.2) is 39.4 Å². The predicted molar refractivity (Wildman–Crippen MR) is 119 cm³/mol. The lowest BCUT2D eigenvalue weighted by molar-refractivity contribution is -0.119. The van der Waals surface area contributed by atoms with Gasteiger partial charge in [-0.2, -0.15) is 11.8 Å². The number of nitrogens with zero attached hydrogens (tertiary/aromatic N) is 1. The molecule has 0 unspecified atom stereocenters. The van der Waals surface area contributed by atoms with Crippen molar-refractivity contribution < 1.29 is 13.2 Å². The van der Waals surface area contributed by atoms with E-state index in [9.17, 15) is 13.2 Å². The number of hydrogen-bond donors (Lipinski definition) is 1. The zero-order valence-corrected chi connectivity index (χ0v) is 18.4. The van der Waals surface area contributed by atoms with Crippen LogP contribution < -0.4 is 9.62 Å². The summed E-state index contributed by atoms with van der Waals surface area (Å²) < 4.78 is 25.6. The molecule has 152 valence electrons. The van der Waals surface area contributed by atoms with Gasteiger partial charge in [-0.25, -0.2) is 8.42 Å². The zero-order valence-electron chi connectivity index (χ0n) is 16.0. The number of anilines is 1. The third kappa shape index (κ3) is 7.04. The third-order valence-electron chi connectivity index (χ3n) is 4.08. The predicted octanol–water partition coefficient (Wildman–Crippen LogP) is 3.72. The van der Waals surface area contributed by atoms with Gasteiger partial charge in [-0.3, -0.25) is 9.10 Å². The van der Waals surface area contributed by atoms with Crippen LogP contribution in [0, 0.1) is 0 Å². The van der Waals surface area contributed by atoms with E-state index in [0.29, 0.717) is 23.7 Å². The van der Waals surface area contributed by atoms with Crippen molar-refractivity contribution in [1.29, 1.82) is 0 Å². The molecule has 0 aliphatic heterocycles. The van der Waals surface area contributed by atoms with Crippen LogP contribution in [0.3, 0.4) is 0 Å². The first-order valence-corrected chi connectivity index (χ1v) is 12.3. The van der Waals surface area contributed by atoms with Crippen molar-refractivity contribution in [2.45, 2.75) is 19.1 Å². The highest BCUT2D eigenvalue weighted by Crippen LogP contribution is 2.23. The van der Waals surface area contributed by atoms with Gasteiger partial charge >= 0.3 is 0 Å². The fourth-order valence-electron chi connectivity index (χ4n) is 2.65. The number of benzene rings is 2. The zero-order chi connectivity index (χ0) is 20.6.